The summed E-state index contributed by atoms with van der Waals surface area (Å²) in [6.07, 6.45) is 5.76. The van der Waals surface area contributed by atoms with Gasteiger partial charge in [-0.3, -0.25) is 9.48 Å². The van der Waals surface area contributed by atoms with Crippen molar-refractivity contribution in [2.24, 2.45) is 7.05 Å². The van der Waals surface area contributed by atoms with E-state index in [0.29, 0.717) is 27.6 Å². The van der Waals surface area contributed by atoms with E-state index in [0.717, 1.165) is 0 Å². The molecule has 10 heteroatoms. The fraction of sp³-hybridized carbons (Fsp3) is 0.100. The van der Waals surface area contributed by atoms with Gasteiger partial charge in [0, 0.05) is 24.7 Å². The first-order chi connectivity index (χ1) is 14.4. The van der Waals surface area contributed by atoms with Crippen molar-refractivity contribution in [2.75, 3.05) is 0 Å². The topological polar surface area (TPSA) is 113 Å². The van der Waals surface area contributed by atoms with Crippen LogP contribution in [0.1, 0.15) is 5.69 Å². The number of pyridine rings is 1. The number of aryl methyl sites for hydroxylation is 1. The maximum absolute atomic E-state index is 12.9. The van der Waals surface area contributed by atoms with Crippen molar-refractivity contribution in [1.82, 2.24) is 24.5 Å². The van der Waals surface area contributed by atoms with Crippen LogP contribution in [0.4, 0.5) is 0 Å². The highest BCUT2D eigenvalue weighted by Gasteiger charge is 2.20. The summed E-state index contributed by atoms with van der Waals surface area (Å²) >= 11 is 0. The molecular formula is C20H15N5O4S. The molecule has 150 valence electrons. The van der Waals surface area contributed by atoms with Crippen molar-refractivity contribution in [3.05, 3.63) is 77.3 Å². The molecule has 0 spiro atoms. The lowest BCUT2D eigenvalue weighted by Gasteiger charge is -2.07. The van der Waals surface area contributed by atoms with Gasteiger partial charge >= 0.3 is 0 Å². The summed E-state index contributed by atoms with van der Waals surface area (Å²) in [5, 5.41) is 8.93. The second kappa shape index (κ2) is 6.63. The van der Waals surface area contributed by atoms with Crippen LogP contribution in [0.5, 0.6) is 0 Å². The summed E-state index contributed by atoms with van der Waals surface area (Å²) in [5.74, 6) is 0. The van der Waals surface area contributed by atoms with Gasteiger partial charge < -0.3 is 4.42 Å². The van der Waals surface area contributed by atoms with Crippen molar-refractivity contribution < 1.29 is 12.8 Å². The van der Waals surface area contributed by atoms with Crippen molar-refractivity contribution in [3.63, 3.8) is 0 Å². The summed E-state index contributed by atoms with van der Waals surface area (Å²) in [5.41, 5.74) is 1.70. The molecule has 30 heavy (non-hydrogen) atoms. The van der Waals surface area contributed by atoms with E-state index < -0.39 is 9.84 Å². The van der Waals surface area contributed by atoms with Gasteiger partial charge in [-0.05, 0) is 30.3 Å². The van der Waals surface area contributed by atoms with Gasteiger partial charge in [-0.1, -0.05) is 0 Å². The van der Waals surface area contributed by atoms with Crippen molar-refractivity contribution in [2.45, 2.75) is 16.3 Å². The molecule has 9 nitrogen and oxygen atoms in total. The van der Waals surface area contributed by atoms with Gasteiger partial charge in [0.2, 0.25) is 9.84 Å². The maximum atomic E-state index is 12.9. The average molecular weight is 421 g/mol. The van der Waals surface area contributed by atoms with Crippen LogP contribution in [0.3, 0.4) is 0 Å². The molecule has 0 atom stereocenters. The first kappa shape index (κ1) is 18.3. The largest absolute Gasteiger partial charge is 0.463 e. The summed E-state index contributed by atoms with van der Waals surface area (Å²) in [4.78, 5) is 17.5. The highest BCUT2D eigenvalue weighted by molar-refractivity contribution is 7.91. The van der Waals surface area contributed by atoms with Crippen LogP contribution in [-0.2, 0) is 23.4 Å². The van der Waals surface area contributed by atoms with Crippen LogP contribution in [-0.4, -0.2) is 33.0 Å². The molecule has 0 radical (unpaired) electrons. The highest BCUT2D eigenvalue weighted by Crippen LogP contribution is 2.23. The lowest BCUT2D eigenvalue weighted by Crippen LogP contribution is -2.23. The fourth-order valence-corrected chi connectivity index (χ4v) is 4.53. The summed E-state index contributed by atoms with van der Waals surface area (Å²) < 4.78 is 33.6. The van der Waals surface area contributed by atoms with Gasteiger partial charge in [0.25, 0.3) is 5.56 Å². The van der Waals surface area contributed by atoms with E-state index in [1.54, 1.807) is 31.5 Å². The van der Waals surface area contributed by atoms with Gasteiger partial charge in [0.05, 0.1) is 41.2 Å². The summed E-state index contributed by atoms with van der Waals surface area (Å²) in [7, 11) is -2.09. The van der Waals surface area contributed by atoms with E-state index in [1.165, 1.54) is 46.2 Å². The van der Waals surface area contributed by atoms with E-state index in [4.69, 9.17) is 4.42 Å². The summed E-state index contributed by atoms with van der Waals surface area (Å²) in [6, 6.07) is 9.69. The fourth-order valence-electron chi connectivity index (χ4n) is 3.26. The molecule has 4 aromatic heterocycles. The van der Waals surface area contributed by atoms with Crippen LogP contribution in [0.25, 0.3) is 21.9 Å². The van der Waals surface area contributed by atoms with Gasteiger partial charge in [0.15, 0.2) is 5.58 Å². The number of sulfone groups is 1. The molecule has 0 aliphatic rings. The molecule has 0 unspecified atom stereocenters. The van der Waals surface area contributed by atoms with E-state index in [-0.39, 0.29) is 21.9 Å². The minimum atomic E-state index is -3.74. The Labute approximate surface area is 170 Å². The zero-order valence-corrected chi connectivity index (χ0v) is 16.6. The molecule has 0 saturated carbocycles. The minimum absolute atomic E-state index is 0.0778. The Morgan fingerprint density at radius 1 is 1.03 bits per heavy atom. The molecule has 0 aliphatic carbocycles. The van der Waals surface area contributed by atoms with Crippen molar-refractivity contribution >= 4 is 31.7 Å². The number of aromatic nitrogens is 5. The van der Waals surface area contributed by atoms with Crippen LogP contribution < -0.4 is 5.56 Å². The van der Waals surface area contributed by atoms with Crippen LogP contribution in [0.15, 0.2) is 80.3 Å². The van der Waals surface area contributed by atoms with Gasteiger partial charge in [-0.25, -0.2) is 18.1 Å². The number of fused-ring (bicyclic) bond motifs is 2. The Balaban J connectivity index is 1.53. The van der Waals surface area contributed by atoms with Gasteiger partial charge in [-0.15, -0.1) is 0 Å². The zero-order chi connectivity index (χ0) is 20.9. The third-order valence-electron chi connectivity index (χ3n) is 4.80. The smallest absolute Gasteiger partial charge is 0.274 e. The van der Waals surface area contributed by atoms with E-state index in [2.05, 4.69) is 15.2 Å². The predicted octanol–water partition coefficient (Wildman–Crippen LogP) is 2.15. The minimum Gasteiger partial charge on any atom is -0.463 e. The zero-order valence-electron chi connectivity index (χ0n) is 15.8. The van der Waals surface area contributed by atoms with Gasteiger partial charge in [-0.2, -0.15) is 10.2 Å². The third kappa shape index (κ3) is 2.98. The molecule has 0 fully saturated rings. The van der Waals surface area contributed by atoms with E-state index >= 15 is 0 Å². The quantitative estimate of drug-likeness (QED) is 0.437. The SMILES string of the molecule is Cn1cc(S(=O)(=O)c2ccc3c(=O)n(Cc4ccc5occc5n4)ncc3c2)cn1. The number of nitrogens with zero attached hydrogens (tertiary/aromatic N) is 5. The second-order valence-corrected chi connectivity index (χ2v) is 8.77. The maximum Gasteiger partial charge on any atom is 0.274 e. The van der Waals surface area contributed by atoms with Gasteiger partial charge in [0.1, 0.15) is 10.4 Å². The molecule has 0 aliphatic heterocycles. The Morgan fingerprint density at radius 3 is 2.70 bits per heavy atom. The molecular weight excluding hydrogens is 406 g/mol. The van der Waals surface area contributed by atoms with Crippen LogP contribution in [0.2, 0.25) is 0 Å². The Bertz CT molecular complexity index is 1580. The number of furan rings is 1. The molecule has 5 aromatic rings. The first-order valence-electron chi connectivity index (χ1n) is 8.98. The predicted molar refractivity (Wildman–Crippen MR) is 108 cm³/mol. The normalized spacial score (nSPS) is 12.0. The Kier molecular flexibility index (Phi) is 4.03. The molecule has 4 heterocycles. The first-order valence-corrected chi connectivity index (χ1v) is 10.5. The molecule has 0 saturated heterocycles. The standard InChI is InChI=1S/C20H15N5O4S/c1-24-12-16(10-21-24)30(27,28)15-3-4-17-13(8-15)9-22-25(20(17)26)11-14-2-5-19-18(23-14)6-7-29-19/h2-10,12H,11H2,1H3. The Hall–Kier alpha value is -3.79. The highest BCUT2D eigenvalue weighted by atomic mass is 32.2. The monoisotopic (exact) mass is 421 g/mol. The second-order valence-electron chi connectivity index (χ2n) is 6.82. The molecule has 1 aromatic carbocycles. The average Bonchev–Trinajstić information content (AvgIpc) is 3.38. The number of rotatable bonds is 4. The summed E-state index contributed by atoms with van der Waals surface area (Å²) in [6.45, 7) is 0.186. The lowest BCUT2D eigenvalue weighted by molar-refractivity contribution is 0.596. The van der Waals surface area contributed by atoms with Crippen molar-refractivity contribution in [1.29, 1.82) is 0 Å². The third-order valence-corrected chi connectivity index (χ3v) is 6.51. The van der Waals surface area contributed by atoms with E-state index in [1.807, 2.05) is 0 Å². The van der Waals surface area contributed by atoms with Crippen molar-refractivity contribution in [3.8, 4) is 0 Å². The van der Waals surface area contributed by atoms with Crippen LogP contribution >= 0.6 is 0 Å². The lowest BCUT2D eigenvalue weighted by atomic mass is 10.2. The molecule has 0 bridgehead atoms. The molecule has 0 N–H and O–H groups in total. The number of benzene rings is 1. The number of hydrogen-bond acceptors (Lipinski definition) is 7. The number of hydrogen-bond donors (Lipinski definition) is 0. The molecule has 0 amide bonds. The Morgan fingerprint density at radius 2 is 1.90 bits per heavy atom. The van der Waals surface area contributed by atoms with Crippen LogP contribution in [0, 0.1) is 0 Å². The molecule has 5 rings (SSSR count). The van der Waals surface area contributed by atoms with E-state index in [9.17, 15) is 13.2 Å².